The summed E-state index contributed by atoms with van der Waals surface area (Å²) in [6.07, 6.45) is 2.00. The van der Waals surface area contributed by atoms with Crippen LogP contribution in [0.4, 0.5) is 5.82 Å². The van der Waals surface area contributed by atoms with Crippen LogP contribution in [-0.4, -0.2) is 4.98 Å². The highest BCUT2D eigenvalue weighted by molar-refractivity contribution is 5.39. The minimum Gasteiger partial charge on any atom is -0.457 e. The third-order valence-electron chi connectivity index (χ3n) is 2.19. The number of anilines is 1. The Labute approximate surface area is 99.3 Å². The van der Waals surface area contributed by atoms with Crippen LogP contribution in [-0.2, 0) is 6.42 Å². The molecule has 0 aliphatic carbocycles. The highest BCUT2D eigenvalue weighted by atomic mass is 16.5. The second-order valence-electron chi connectivity index (χ2n) is 3.50. The molecule has 0 saturated carbocycles. The predicted octanol–water partition coefficient (Wildman–Crippen LogP) is 2.52. The first kappa shape index (κ1) is 11.0. The van der Waals surface area contributed by atoms with Gasteiger partial charge in [-0.3, -0.25) is 0 Å². The Morgan fingerprint density at radius 1 is 1.18 bits per heavy atom. The lowest BCUT2D eigenvalue weighted by Gasteiger charge is -2.06. The van der Waals surface area contributed by atoms with Crippen LogP contribution in [0.5, 0.6) is 11.5 Å². The molecule has 0 unspecified atom stereocenters. The molecule has 0 aliphatic heterocycles. The van der Waals surface area contributed by atoms with Gasteiger partial charge in [0.15, 0.2) is 0 Å². The van der Waals surface area contributed by atoms with Crippen LogP contribution in [0.15, 0.2) is 42.6 Å². The normalized spacial score (nSPS) is 9.59. The van der Waals surface area contributed by atoms with Crippen molar-refractivity contribution < 1.29 is 4.74 Å². The zero-order valence-corrected chi connectivity index (χ0v) is 9.13. The fraction of sp³-hybridized carbons (Fsp3) is 0.0769. The van der Waals surface area contributed by atoms with Crippen molar-refractivity contribution in [2.45, 2.75) is 6.42 Å². The molecule has 4 nitrogen and oxygen atoms in total. The number of nitrogens with zero attached hydrogens (tertiary/aromatic N) is 2. The van der Waals surface area contributed by atoms with E-state index in [2.05, 4.69) is 11.1 Å². The number of nitrogen functional groups attached to an aromatic ring is 1. The molecule has 0 radical (unpaired) electrons. The molecular formula is C13H11N3O. The third-order valence-corrected chi connectivity index (χ3v) is 2.19. The SMILES string of the molecule is N#CCc1ccc(Oc2ccnc(N)c2)cc1. The van der Waals surface area contributed by atoms with E-state index in [-0.39, 0.29) is 0 Å². The van der Waals surface area contributed by atoms with E-state index in [1.807, 2.05) is 24.3 Å². The maximum absolute atomic E-state index is 8.55. The number of pyridine rings is 1. The number of hydrogen-bond donors (Lipinski definition) is 1. The summed E-state index contributed by atoms with van der Waals surface area (Å²) >= 11 is 0. The Kier molecular flexibility index (Phi) is 3.22. The molecule has 17 heavy (non-hydrogen) atoms. The molecular weight excluding hydrogens is 214 g/mol. The van der Waals surface area contributed by atoms with Crippen molar-refractivity contribution in [1.82, 2.24) is 4.98 Å². The zero-order valence-electron chi connectivity index (χ0n) is 9.13. The molecule has 4 heteroatoms. The van der Waals surface area contributed by atoms with Gasteiger partial charge in [0.1, 0.15) is 17.3 Å². The smallest absolute Gasteiger partial charge is 0.132 e. The number of hydrogen-bond acceptors (Lipinski definition) is 4. The van der Waals surface area contributed by atoms with Gasteiger partial charge in [0.2, 0.25) is 0 Å². The number of nitrogens with two attached hydrogens (primary N) is 1. The summed E-state index contributed by atoms with van der Waals surface area (Å²) in [5, 5.41) is 8.55. The first-order valence-electron chi connectivity index (χ1n) is 5.13. The lowest BCUT2D eigenvalue weighted by molar-refractivity contribution is 0.482. The Bertz CT molecular complexity index is 543. The number of ether oxygens (including phenoxy) is 1. The van der Waals surface area contributed by atoms with Crippen LogP contribution in [0.3, 0.4) is 0 Å². The third kappa shape index (κ3) is 2.95. The molecule has 0 atom stereocenters. The van der Waals surface area contributed by atoms with Crippen LogP contribution in [0, 0.1) is 11.3 Å². The Balaban J connectivity index is 2.11. The van der Waals surface area contributed by atoms with Crippen molar-refractivity contribution >= 4 is 5.82 Å². The number of aromatic nitrogens is 1. The summed E-state index contributed by atoms with van der Waals surface area (Å²) in [6, 6.07) is 12.9. The van der Waals surface area contributed by atoms with Crippen molar-refractivity contribution in [3.63, 3.8) is 0 Å². The van der Waals surface area contributed by atoms with Crippen LogP contribution in [0.2, 0.25) is 0 Å². The summed E-state index contributed by atoms with van der Waals surface area (Å²) in [5.41, 5.74) is 6.52. The van der Waals surface area contributed by atoms with E-state index >= 15 is 0 Å². The molecule has 2 aromatic rings. The van der Waals surface area contributed by atoms with Gasteiger partial charge in [0, 0.05) is 12.3 Å². The second kappa shape index (κ2) is 4.99. The van der Waals surface area contributed by atoms with Crippen molar-refractivity contribution in [2.24, 2.45) is 0 Å². The van der Waals surface area contributed by atoms with Gasteiger partial charge in [-0.2, -0.15) is 5.26 Å². The summed E-state index contributed by atoms with van der Waals surface area (Å²) in [7, 11) is 0. The van der Waals surface area contributed by atoms with E-state index in [0.29, 0.717) is 23.7 Å². The standard InChI is InChI=1S/C13H11N3O/c14-7-5-10-1-3-11(4-2-10)17-12-6-8-16-13(15)9-12/h1-4,6,8-9H,5H2,(H2,15,16). The first-order valence-corrected chi connectivity index (χ1v) is 5.13. The van der Waals surface area contributed by atoms with Gasteiger partial charge in [-0.05, 0) is 23.8 Å². The van der Waals surface area contributed by atoms with E-state index in [4.69, 9.17) is 15.7 Å². The summed E-state index contributed by atoms with van der Waals surface area (Å²) in [5.74, 6) is 1.77. The number of nitriles is 1. The Hall–Kier alpha value is -2.54. The van der Waals surface area contributed by atoms with E-state index in [1.54, 1.807) is 18.3 Å². The van der Waals surface area contributed by atoms with E-state index in [9.17, 15) is 0 Å². The topological polar surface area (TPSA) is 71.9 Å². The highest BCUT2D eigenvalue weighted by Gasteiger charge is 1.98. The van der Waals surface area contributed by atoms with Gasteiger partial charge < -0.3 is 10.5 Å². The van der Waals surface area contributed by atoms with Gasteiger partial charge in [-0.25, -0.2) is 4.98 Å². The molecule has 0 amide bonds. The molecule has 1 heterocycles. The quantitative estimate of drug-likeness (QED) is 0.871. The van der Waals surface area contributed by atoms with Crippen LogP contribution < -0.4 is 10.5 Å². The summed E-state index contributed by atoms with van der Waals surface area (Å²) in [4.78, 5) is 3.88. The summed E-state index contributed by atoms with van der Waals surface area (Å²) < 4.78 is 5.59. The molecule has 0 saturated heterocycles. The molecule has 0 bridgehead atoms. The molecule has 84 valence electrons. The van der Waals surface area contributed by atoms with E-state index in [0.717, 1.165) is 5.56 Å². The van der Waals surface area contributed by atoms with Crippen molar-refractivity contribution in [3.8, 4) is 17.6 Å². The largest absolute Gasteiger partial charge is 0.457 e. The molecule has 2 N–H and O–H groups in total. The maximum atomic E-state index is 8.55. The average Bonchev–Trinajstić information content (AvgIpc) is 2.32. The lowest BCUT2D eigenvalue weighted by Crippen LogP contribution is -1.91. The van der Waals surface area contributed by atoms with Crippen LogP contribution >= 0.6 is 0 Å². The molecule has 0 fully saturated rings. The van der Waals surface area contributed by atoms with Gasteiger partial charge in [-0.15, -0.1) is 0 Å². The number of rotatable bonds is 3. The van der Waals surface area contributed by atoms with Gasteiger partial charge in [-0.1, -0.05) is 12.1 Å². The van der Waals surface area contributed by atoms with Gasteiger partial charge in [0.25, 0.3) is 0 Å². The molecule has 2 rings (SSSR count). The van der Waals surface area contributed by atoms with Crippen LogP contribution in [0.25, 0.3) is 0 Å². The fourth-order valence-electron chi connectivity index (χ4n) is 1.39. The van der Waals surface area contributed by atoms with Crippen LogP contribution in [0.1, 0.15) is 5.56 Å². The minimum absolute atomic E-state index is 0.405. The molecule has 1 aromatic heterocycles. The van der Waals surface area contributed by atoms with Gasteiger partial charge in [0.05, 0.1) is 12.5 Å². The zero-order chi connectivity index (χ0) is 12.1. The minimum atomic E-state index is 0.405. The lowest BCUT2D eigenvalue weighted by atomic mass is 10.2. The molecule has 1 aromatic carbocycles. The van der Waals surface area contributed by atoms with Crippen molar-refractivity contribution in [3.05, 3.63) is 48.2 Å². The van der Waals surface area contributed by atoms with E-state index < -0.39 is 0 Å². The Morgan fingerprint density at radius 3 is 2.59 bits per heavy atom. The van der Waals surface area contributed by atoms with E-state index in [1.165, 1.54) is 0 Å². The highest BCUT2D eigenvalue weighted by Crippen LogP contribution is 2.22. The summed E-state index contributed by atoms with van der Waals surface area (Å²) in [6.45, 7) is 0. The Morgan fingerprint density at radius 2 is 1.94 bits per heavy atom. The van der Waals surface area contributed by atoms with Crippen molar-refractivity contribution in [2.75, 3.05) is 5.73 Å². The maximum Gasteiger partial charge on any atom is 0.132 e. The average molecular weight is 225 g/mol. The monoisotopic (exact) mass is 225 g/mol. The molecule has 0 spiro atoms. The fourth-order valence-corrected chi connectivity index (χ4v) is 1.39. The first-order chi connectivity index (χ1) is 8.28. The second-order valence-corrected chi connectivity index (χ2v) is 3.50. The van der Waals surface area contributed by atoms with Gasteiger partial charge >= 0.3 is 0 Å². The predicted molar refractivity (Wildman–Crippen MR) is 64.5 cm³/mol. The number of benzene rings is 1. The van der Waals surface area contributed by atoms with Crippen molar-refractivity contribution in [1.29, 1.82) is 5.26 Å². The molecule has 0 aliphatic rings.